The summed E-state index contributed by atoms with van der Waals surface area (Å²) in [6.45, 7) is 4.36. The number of para-hydroxylation sites is 1. The van der Waals surface area contributed by atoms with Crippen LogP contribution in [0.15, 0.2) is 35.6 Å². The Morgan fingerprint density at radius 2 is 2.00 bits per heavy atom. The predicted molar refractivity (Wildman–Crippen MR) is 70.4 cm³/mol. The predicted octanol–water partition coefficient (Wildman–Crippen LogP) is 3.51. The number of hydrogen-bond donors (Lipinski definition) is 0. The van der Waals surface area contributed by atoms with E-state index >= 15 is 0 Å². The van der Waals surface area contributed by atoms with Crippen LogP contribution < -0.4 is 4.74 Å². The van der Waals surface area contributed by atoms with E-state index in [9.17, 15) is 4.79 Å². The highest BCUT2D eigenvalue weighted by molar-refractivity contribution is 5.97. The zero-order valence-corrected chi connectivity index (χ0v) is 10.9. The number of carbonyl (C=O) groups excluding carboxylic acids is 1. The second kappa shape index (κ2) is 4.27. The van der Waals surface area contributed by atoms with E-state index in [-0.39, 0.29) is 5.78 Å². The summed E-state index contributed by atoms with van der Waals surface area (Å²) in [7, 11) is 0. The highest BCUT2D eigenvalue weighted by atomic mass is 16.5. The second-order valence-corrected chi connectivity index (χ2v) is 5.62. The molecule has 1 aromatic rings. The van der Waals surface area contributed by atoms with Gasteiger partial charge in [-0.1, -0.05) is 32.0 Å². The fourth-order valence-corrected chi connectivity index (χ4v) is 2.79. The molecule has 1 unspecified atom stereocenters. The van der Waals surface area contributed by atoms with Gasteiger partial charge in [0.1, 0.15) is 11.5 Å². The molecule has 0 saturated carbocycles. The van der Waals surface area contributed by atoms with Crippen molar-refractivity contribution in [2.24, 2.45) is 11.8 Å². The summed E-state index contributed by atoms with van der Waals surface area (Å²) < 4.78 is 5.95. The minimum atomic E-state index is 0.282. The molecule has 3 rings (SSSR count). The van der Waals surface area contributed by atoms with Gasteiger partial charge in [-0.25, -0.2) is 0 Å². The number of rotatable bonds is 1. The Balaban J connectivity index is 1.94. The molecule has 0 bridgehead atoms. The van der Waals surface area contributed by atoms with Crippen molar-refractivity contribution in [3.63, 3.8) is 0 Å². The smallest absolute Gasteiger partial charge is 0.162 e. The Labute approximate surface area is 108 Å². The van der Waals surface area contributed by atoms with Crippen LogP contribution in [0.5, 0.6) is 5.75 Å². The molecule has 0 fully saturated rings. The molecule has 2 heteroatoms. The molecule has 1 aromatic carbocycles. The minimum absolute atomic E-state index is 0.282. The van der Waals surface area contributed by atoms with Crippen LogP contribution in [-0.4, -0.2) is 5.78 Å². The summed E-state index contributed by atoms with van der Waals surface area (Å²) in [5.41, 5.74) is 2.04. The quantitative estimate of drug-likeness (QED) is 0.753. The van der Waals surface area contributed by atoms with E-state index in [1.54, 1.807) is 0 Å². The highest BCUT2D eigenvalue weighted by Crippen LogP contribution is 2.39. The topological polar surface area (TPSA) is 26.3 Å². The Morgan fingerprint density at radius 1 is 1.22 bits per heavy atom. The number of benzene rings is 1. The summed E-state index contributed by atoms with van der Waals surface area (Å²) in [5.74, 6) is 3.09. The van der Waals surface area contributed by atoms with Crippen molar-refractivity contribution >= 4 is 5.78 Å². The van der Waals surface area contributed by atoms with Gasteiger partial charge in [-0.2, -0.15) is 0 Å². The zero-order chi connectivity index (χ0) is 12.7. The fraction of sp³-hybridized carbons (Fsp3) is 0.438. The molecule has 0 amide bonds. The van der Waals surface area contributed by atoms with Gasteiger partial charge in [0.05, 0.1) is 0 Å². The molecular weight excluding hydrogens is 224 g/mol. The molecule has 0 saturated heterocycles. The van der Waals surface area contributed by atoms with Crippen LogP contribution >= 0.6 is 0 Å². The van der Waals surface area contributed by atoms with Gasteiger partial charge >= 0.3 is 0 Å². The van der Waals surface area contributed by atoms with E-state index in [1.165, 1.54) is 0 Å². The molecule has 1 aliphatic heterocycles. The average Bonchev–Trinajstić information content (AvgIpc) is 2.36. The maximum absolute atomic E-state index is 12.2. The van der Waals surface area contributed by atoms with Crippen molar-refractivity contribution in [2.45, 2.75) is 33.1 Å². The van der Waals surface area contributed by atoms with E-state index in [0.29, 0.717) is 18.3 Å². The number of allylic oxidation sites excluding steroid dienone is 2. The van der Waals surface area contributed by atoms with Crippen LogP contribution in [-0.2, 0) is 11.2 Å². The molecular formula is C16H18O2. The molecule has 2 nitrogen and oxygen atoms in total. The standard InChI is InChI=1S/C16H18O2/c1-10(2)12-8-14(17)13-7-11-5-3-4-6-15(11)18-16(13)9-12/h3-6,10,12H,7-9H2,1-2H3. The monoisotopic (exact) mass is 242 g/mol. The number of carbonyl (C=O) groups is 1. The number of fused-ring (bicyclic) bond motifs is 1. The molecule has 0 aromatic heterocycles. The third-order valence-electron chi connectivity index (χ3n) is 4.08. The molecule has 18 heavy (non-hydrogen) atoms. The van der Waals surface area contributed by atoms with Crippen LogP contribution in [0.3, 0.4) is 0 Å². The number of ketones is 1. The molecule has 1 aliphatic carbocycles. The lowest BCUT2D eigenvalue weighted by Crippen LogP contribution is -2.28. The third-order valence-corrected chi connectivity index (χ3v) is 4.08. The summed E-state index contributed by atoms with van der Waals surface area (Å²) >= 11 is 0. The van der Waals surface area contributed by atoms with Crippen molar-refractivity contribution in [1.82, 2.24) is 0 Å². The largest absolute Gasteiger partial charge is 0.461 e. The molecule has 94 valence electrons. The van der Waals surface area contributed by atoms with Gasteiger partial charge in [0, 0.05) is 24.8 Å². The number of ether oxygens (including phenoxy) is 1. The maximum atomic E-state index is 12.2. The van der Waals surface area contributed by atoms with Crippen LogP contribution in [0.1, 0.15) is 32.3 Å². The highest BCUT2D eigenvalue weighted by Gasteiger charge is 2.33. The van der Waals surface area contributed by atoms with Gasteiger partial charge in [0.25, 0.3) is 0 Å². The Morgan fingerprint density at radius 3 is 2.78 bits per heavy atom. The summed E-state index contributed by atoms with van der Waals surface area (Å²) in [6, 6.07) is 8.01. The number of Topliss-reactive ketones (excluding diaryl/α,β-unsaturated/α-hetero) is 1. The Bertz CT molecular complexity index is 526. The first-order chi connectivity index (χ1) is 8.65. The van der Waals surface area contributed by atoms with E-state index in [1.807, 2.05) is 24.3 Å². The van der Waals surface area contributed by atoms with Gasteiger partial charge in [-0.05, 0) is 23.5 Å². The molecule has 0 spiro atoms. The maximum Gasteiger partial charge on any atom is 0.162 e. The first-order valence-corrected chi connectivity index (χ1v) is 6.66. The fourth-order valence-electron chi connectivity index (χ4n) is 2.79. The third kappa shape index (κ3) is 1.86. The lowest BCUT2D eigenvalue weighted by atomic mass is 9.78. The lowest BCUT2D eigenvalue weighted by molar-refractivity contribution is -0.117. The molecule has 0 radical (unpaired) electrons. The van der Waals surface area contributed by atoms with Crippen molar-refractivity contribution in [2.75, 3.05) is 0 Å². The van der Waals surface area contributed by atoms with Gasteiger partial charge < -0.3 is 4.74 Å². The van der Waals surface area contributed by atoms with Crippen LogP contribution in [0.25, 0.3) is 0 Å². The second-order valence-electron chi connectivity index (χ2n) is 5.62. The van der Waals surface area contributed by atoms with Gasteiger partial charge in [0.15, 0.2) is 5.78 Å². The van der Waals surface area contributed by atoms with E-state index in [4.69, 9.17) is 4.74 Å². The summed E-state index contributed by atoms with van der Waals surface area (Å²) in [6.07, 6.45) is 2.34. The summed E-state index contributed by atoms with van der Waals surface area (Å²) in [4.78, 5) is 12.2. The van der Waals surface area contributed by atoms with Gasteiger partial charge in [-0.3, -0.25) is 4.79 Å². The van der Waals surface area contributed by atoms with E-state index in [0.717, 1.165) is 35.5 Å². The Hall–Kier alpha value is -1.57. The first kappa shape index (κ1) is 11.5. The summed E-state index contributed by atoms with van der Waals surface area (Å²) in [5, 5.41) is 0. The zero-order valence-electron chi connectivity index (χ0n) is 10.9. The van der Waals surface area contributed by atoms with Crippen molar-refractivity contribution < 1.29 is 9.53 Å². The minimum Gasteiger partial charge on any atom is -0.461 e. The van der Waals surface area contributed by atoms with Crippen LogP contribution in [0.2, 0.25) is 0 Å². The normalized spacial score (nSPS) is 22.6. The van der Waals surface area contributed by atoms with Crippen molar-refractivity contribution in [3.8, 4) is 5.75 Å². The van der Waals surface area contributed by atoms with E-state index in [2.05, 4.69) is 13.8 Å². The van der Waals surface area contributed by atoms with Crippen LogP contribution in [0, 0.1) is 11.8 Å². The average molecular weight is 242 g/mol. The van der Waals surface area contributed by atoms with Gasteiger partial charge in [-0.15, -0.1) is 0 Å². The number of hydrogen-bond acceptors (Lipinski definition) is 2. The van der Waals surface area contributed by atoms with Crippen LogP contribution in [0.4, 0.5) is 0 Å². The van der Waals surface area contributed by atoms with E-state index < -0.39 is 0 Å². The van der Waals surface area contributed by atoms with Crippen molar-refractivity contribution in [3.05, 3.63) is 41.2 Å². The molecule has 1 atom stereocenters. The molecule has 1 heterocycles. The molecule has 2 aliphatic rings. The van der Waals surface area contributed by atoms with Gasteiger partial charge in [0.2, 0.25) is 0 Å². The lowest BCUT2D eigenvalue weighted by Gasteiger charge is -2.31. The Kier molecular flexibility index (Phi) is 2.73. The molecule has 0 N–H and O–H groups in total. The van der Waals surface area contributed by atoms with Crippen molar-refractivity contribution in [1.29, 1.82) is 0 Å². The SMILES string of the molecule is CC(C)C1CC(=O)C2=C(C1)Oc1ccccc1C2. The first-order valence-electron chi connectivity index (χ1n) is 6.66.